The number of allylic oxidation sites excluding steroid dienone is 2. The Morgan fingerprint density at radius 1 is 1.17 bits per heavy atom. The van der Waals surface area contributed by atoms with Gasteiger partial charge in [0.1, 0.15) is 22.8 Å². The molecule has 1 amide bonds. The molecule has 4 aliphatic carbocycles. The number of ketones is 2. The van der Waals surface area contributed by atoms with Gasteiger partial charge in [-0.1, -0.05) is 13.3 Å². The first-order chi connectivity index (χ1) is 19.2. The zero-order valence-electron chi connectivity index (χ0n) is 22.6. The number of phenols is 1. The normalized spacial score (nSPS) is 26.3. The monoisotopic (exact) mass is 578 g/mol. The summed E-state index contributed by atoms with van der Waals surface area (Å²) in [5.74, 6) is -8.20. The molecule has 0 aromatic heterocycles. The number of hydrogen-bond acceptors (Lipinski definition) is 8. The van der Waals surface area contributed by atoms with Crippen LogP contribution in [0.15, 0.2) is 28.7 Å². The van der Waals surface area contributed by atoms with Crippen LogP contribution in [0.5, 0.6) is 5.75 Å². The first kappa shape index (κ1) is 29.1. The number of aromatic hydroxyl groups is 1. The molecule has 0 spiro atoms. The summed E-state index contributed by atoms with van der Waals surface area (Å²) in [6, 6.07) is 0.946. The molecule has 5 rings (SSSR count). The number of aliphatic hydroxyl groups is 3. The van der Waals surface area contributed by atoms with E-state index in [0.717, 1.165) is 31.7 Å². The van der Waals surface area contributed by atoms with Crippen molar-refractivity contribution in [1.82, 2.24) is 4.90 Å². The maximum atomic E-state index is 14.7. The van der Waals surface area contributed by atoms with E-state index in [-0.39, 0.29) is 18.5 Å². The lowest BCUT2D eigenvalue weighted by Crippen LogP contribution is -2.57. The number of phenolic OH excluding ortho intramolecular Hbond substituents is 1. The lowest BCUT2D eigenvalue weighted by Gasteiger charge is -2.45. The molecule has 6 N–H and O–H groups in total. The van der Waals surface area contributed by atoms with E-state index in [4.69, 9.17) is 5.73 Å². The van der Waals surface area contributed by atoms with Crippen molar-refractivity contribution >= 4 is 17.5 Å². The topological polar surface area (TPSA) is 161 Å². The van der Waals surface area contributed by atoms with Crippen LogP contribution < -0.4 is 5.73 Å². The molecule has 1 unspecified atom stereocenters. The average Bonchev–Trinajstić information content (AvgIpc) is 3.67. The fourth-order valence-corrected chi connectivity index (χ4v) is 6.76. The Hall–Kier alpha value is -3.38. The van der Waals surface area contributed by atoms with Crippen LogP contribution in [0.2, 0.25) is 0 Å². The largest absolute Gasteiger partial charge is 0.511 e. The Morgan fingerprint density at radius 3 is 2.44 bits per heavy atom. The number of nitrogens with two attached hydrogens (primary N) is 1. The molecule has 4 aliphatic rings. The molecular formula is C29H33F3N2O7. The van der Waals surface area contributed by atoms with Gasteiger partial charge in [-0.3, -0.25) is 19.3 Å². The van der Waals surface area contributed by atoms with E-state index in [1.807, 2.05) is 11.8 Å². The molecule has 0 saturated heterocycles. The molecule has 1 saturated carbocycles. The van der Waals surface area contributed by atoms with Crippen molar-refractivity contribution < 1.29 is 48.0 Å². The third kappa shape index (κ3) is 4.80. The van der Waals surface area contributed by atoms with E-state index in [9.17, 15) is 48.0 Å². The van der Waals surface area contributed by atoms with Gasteiger partial charge in [0.25, 0.3) is 5.91 Å². The van der Waals surface area contributed by atoms with Gasteiger partial charge in [-0.25, -0.2) is 0 Å². The van der Waals surface area contributed by atoms with E-state index >= 15 is 0 Å². The molecule has 1 fully saturated rings. The number of aliphatic hydroxyl groups excluding tert-OH is 2. The molecule has 1 aromatic carbocycles. The number of Topliss-reactive ketones (excluding diaryl/α,β-unsaturated/α-hetero) is 2. The minimum atomic E-state index is -4.86. The van der Waals surface area contributed by atoms with Crippen LogP contribution in [0.25, 0.3) is 0 Å². The Kier molecular flexibility index (Phi) is 7.22. The number of primary amides is 1. The lowest BCUT2D eigenvalue weighted by atomic mass is 9.60. The molecule has 0 heterocycles. The van der Waals surface area contributed by atoms with Gasteiger partial charge in [0.05, 0.1) is 11.1 Å². The highest BCUT2D eigenvalue weighted by Crippen LogP contribution is 2.53. The number of carbonyl (C=O) groups excluding carboxylic acids is 3. The summed E-state index contributed by atoms with van der Waals surface area (Å²) in [6.07, 6.45) is -2.28. The minimum absolute atomic E-state index is 0.0651. The predicted molar refractivity (Wildman–Crippen MR) is 139 cm³/mol. The average molecular weight is 579 g/mol. The SMILES string of the molecule is CCCCN(Cc1cc(O)c2c(c1C(F)(F)F)CC1C[C@H]3CC(O)=C(C(N)=O)C(=O)[C@@]3(O)C(O)=C1C2=O)CC1CC1. The van der Waals surface area contributed by atoms with Crippen molar-refractivity contribution in [1.29, 1.82) is 0 Å². The van der Waals surface area contributed by atoms with Crippen LogP contribution >= 0.6 is 0 Å². The molecule has 12 heteroatoms. The highest BCUT2D eigenvalue weighted by Gasteiger charge is 2.60. The standard InChI is InChI=1S/C29H33F3N2O7/c1-2-3-6-34(11-13-4-5-13)12-15-9-18(35)21-17(23(15)29(30,31)32)8-14-7-16-10-19(36)22(27(33)40)26(39)28(16,41)25(38)20(14)24(21)37/h9,13-14,16,35-36,38,41H,2-8,10-12H2,1H3,(H2,33,40)/t14?,16-,28-/m0/s1. The molecule has 3 atom stereocenters. The van der Waals surface area contributed by atoms with Crippen molar-refractivity contribution in [3.05, 3.63) is 51.0 Å². The predicted octanol–water partition coefficient (Wildman–Crippen LogP) is 3.61. The fraction of sp³-hybridized carbons (Fsp3) is 0.552. The summed E-state index contributed by atoms with van der Waals surface area (Å²) in [6.45, 7) is 3.15. The number of nitrogens with zero attached hydrogens (tertiary/aromatic N) is 1. The Balaban J connectivity index is 1.61. The Labute approximate surface area is 234 Å². The molecule has 0 aliphatic heterocycles. The molecule has 9 nitrogen and oxygen atoms in total. The zero-order chi connectivity index (χ0) is 30.0. The van der Waals surface area contributed by atoms with Gasteiger partial charge in [0, 0.05) is 31.0 Å². The van der Waals surface area contributed by atoms with E-state index in [1.165, 1.54) is 0 Å². The molecule has 41 heavy (non-hydrogen) atoms. The van der Waals surface area contributed by atoms with Gasteiger partial charge < -0.3 is 26.2 Å². The van der Waals surface area contributed by atoms with Crippen molar-refractivity contribution in [2.45, 2.75) is 70.2 Å². The van der Waals surface area contributed by atoms with E-state index < -0.39 is 99.0 Å². The number of fused-ring (bicyclic) bond motifs is 3. The molecule has 222 valence electrons. The summed E-state index contributed by atoms with van der Waals surface area (Å²) in [5, 5.41) is 43.6. The second-order valence-corrected chi connectivity index (χ2v) is 11.7. The third-order valence-electron chi connectivity index (χ3n) is 8.86. The van der Waals surface area contributed by atoms with Crippen molar-refractivity contribution in [3.8, 4) is 5.75 Å². The first-order valence-corrected chi connectivity index (χ1v) is 13.8. The molecule has 1 aromatic rings. The zero-order valence-corrected chi connectivity index (χ0v) is 22.6. The second kappa shape index (κ2) is 10.2. The maximum absolute atomic E-state index is 14.7. The van der Waals surface area contributed by atoms with Gasteiger partial charge in [-0.2, -0.15) is 13.2 Å². The number of halogens is 3. The highest BCUT2D eigenvalue weighted by atomic mass is 19.4. The summed E-state index contributed by atoms with van der Waals surface area (Å²) >= 11 is 0. The number of carbonyl (C=O) groups is 3. The second-order valence-electron chi connectivity index (χ2n) is 11.7. The van der Waals surface area contributed by atoms with Crippen molar-refractivity contribution in [2.24, 2.45) is 23.5 Å². The Morgan fingerprint density at radius 2 is 1.85 bits per heavy atom. The molecule has 0 radical (unpaired) electrons. The molecular weight excluding hydrogens is 545 g/mol. The van der Waals surface area contributed by atoms with Crippen LogP contribution in [0, 0.1) is 17.8 Å². The van der Waals surface area contributed by atoms with E-state index in [2.05, 4.69) is 0 Å². The van der Waals surface area contributed by atoms with Gasteiger partial charge in [0.15, 0.2) is 11.4 Å². The van der Waals surface area contributed by atoms with Crippen LogP contribution in [-0.2, 0) is 28.7 Å². The number of amides is 1. The number of rotatable bonds is 8. The van der Waals surface area contributed by atoms with Gasteiger partial charge in [-0.05, 0) is 67.7 Å². The van der Waals surface area contributed by atoms with Gasteiger partial charge in [0.2, 0.25) is 5.78 Å². The number of benzene rings is 1. The first-order valence-electron chi connectivity index (χ1n) is 13.8. The lowest BCUT2D eigenvalue weighted by molar-refractivity contribution is -0.144. The summed E-state index contributed by atoms with van der Waals surface area (Å²) < 4.78 is 44.1. The highest BCUT2D eigenvalue weighted by molar-refractivity contribution is 6.24. The van der Waals surface area contributed by atoms with Crippen LogP contribution in [-0.4, -0.2) is 61.5 Å². The van der Waals surface area contributed by atoms with Crippen LogP contribution in [0.4, 0.5) is 13.2 Å². The Bertz CT molecular complexity index is 1400. The smallest absolute Gasteiger partial charge is 0.417 e. The fourth-order valence-electron chi connectivity index (χ4n) is 6.76. The van der Waals surface area contributed by atoms with Crippen molar-refractivity contribution in [2.75, 3.05) is 13.1 Å². The quantitative estimate of drug-likeness (QED) is 0.292. The van der Waals surface area contributed by atoms with Crippen molar-refractivity contribution in [3.63, 3.8) is 0 Å². The summed E-state index contributed by atoms with van der Waals surface area (Å²) in [4.78, 5) is 40.4. The minimum Gasteiger partial charge on any atom is -0.511 e. The van der Waals surface area contributed by atoms with E-state index in [0.29, 0.717) is 19.0 Å². The summed E-state index contributed by atoms with van der Waals surface area (Å²) in [7, 11) is 0. The molecule has 0 bridgehead atoms. The van der Waals surface area contributed by atoms with Gasteiger partial charge >= 0.3 is 6.18 Å². The van der Waals surface area contributed by atoms with E-state index in [1.54, 1.807) is 0 Å². The van der Waals surface area contributed by atoms with Crippen LogP contribution in [0.1, 0.15) is 72.5 Å². The number of alkyl halides is 3. The number of unbranched alkanes of at least 4 members (excludes halogenated alkanes) is 1. The third-order valence-corrected chi connectivity index (χ3v) is 8.86. The maximum Gasteiger partial charge on any atom is 0.417 e. The summed E-state index contributed by atoms with van der Waals surface area (Å²) in [5.41, 5.74) is -1.20. The van der Waals surface area contributed by atoms with Crippen LogP contribution in [0.3, 0.4) is 0 Å². The van der Waals surface area contributed by atoms with Gasteiger partial charge in [-0.15, -0.1) is 0 Å². The number of hydrogen-bond donors (Lipinski definition) is 5.